The molecule has 3 nitrogen and oxygen atoms in total. The van der Waals surface area contributed by atoms with Crippen LogP contribution >= 0.6 is 11.3 Å². The minimum atomic E-state index is 0.628. The molecule has 0 spiro atoms. The molecule has 0 unspecified atom stereocenters. The Balaban J connectivity index is 1.66. The Morgan fingerprint density at radius 1 is 0.906 bits per heavy atom. The highest BCUT2D eigenvalue weighted by Crippen LogP contribution is 2.41. The van der Waals surface area contributed by atoms with E-state index in [0.717, 1.165) is 5.52 Å². The van der Waals surface area contributed by atoms with Gasteiger partial charge in [-0.1, -0.05) is 55.7 Å². The summed E-state index contributed by atoms with van der Waals surface area (Å²) < 4.78 is 6.04. The van der Waals surface area contributed by atoms with Crippen molar-refractivity contribution >= 4 is 32.6 Å². The number of benzene rings is 3. The van der Waals surface area contributed by atoms with E-state index in [2.05, 4.69) is 89.8 Å². The van der Waals surface area contributed by atoms with Crippen molar-refractivity contribution in [3.05, 3.63) is 77.3 Å². The van der Waals surface area contributed by atoms with Crippen LogP contribution in [0.3, 0.4) is 0 Å². The Bertz CT molecular complexity index is 1420. The van der Waals surface area contributed by atoms with E-state index in [9.17, 15) is 0 Å². The van der Waals surface area contributed by atoms with Gasteiger partial charge in [-0.25, -0.2) is 9.55 Å². The Kier molecular flexibility index (Phi) is 4.83. The molecule has 1 aliphatic carbocycles. The fourth-order valence-electron chi connectivity index (χ4n) is 5.35. The summed E-state index contributed by atoms with van der Waals surface area (Å²) >= 11 is 1.91. The van der Waals surface area contributed by atoms with Gasteiger partial charge in [0.1, 0.15) is 5.69 Å². The van der Waals surface area contributed by atoms with E-state index in [1.54, 1.807) is 0 Å². The fourth-order valence-corrected chi connectivity index (χ4v) is 6.50. The van der Waals surface area contributed by atoms with Crippen LogP contribution in [-0.4, -0.2) is 9.55 Å². The third-order valence-electron chi connectivity index (χ3n) is 6.99. The van der Waals surface area contributed by atoms with Crippen LogP contribution in [0.1, 0.15) is 48.6 Å². The zero-order chi connectivity index (χ0) is 21.7. The fraction of sp³-hybridized carbons (Fsp3) is 0.286. The lowest BCUT2D eigenvalue weighted by molar-refractivity contribution is -0.633. The molecule has 1 fully saturated rings. The van der Waals surface area contributed by atoms with E-state index in [0.29, 0.717) is 5.92 Å². The van der Waals surface area contributed by atoms with Crippen LogP contribution in [0.15, 0.2) is 66.7 Å². The van der Waals surface area contributed by atoms with E-state index in [4.69, 9.17) is 4.98 Å². The van der Waals surface area contributed by atoms with Gasteiger partial charge in [-0.3, -0.25) is 0 Å². The highest BCUT2D eigenvalue weighted by atomic mass is 32.1. The first kappa shape index (κ1) is 19.7. The Labute approximate surface area is 193 Å². The summed E-state index contributed by atoms with van der Waals surface area (Å²) in [6, 6.07) is 23.9. The van der Waals surface area contributed by atoms with Crippen molar-refractivity contribution in [3.63, 3.8) is 0 Å². The SMILES string of the molecule is Cc1ccc2sc(C3CCCCC3)nc2c1-c1n(-c2ccccc2)c2ccccc2[n+]1C. The maximum absolute atomic E-state index is 5.31. The molecule has 0 N–H and O–H groups in total. The molecule has 0 aliphatic heterocycles. The zero-order valence-corrected chi connectivity index (χ0v) is 19.5. The van der Waals surface area contributed by atoms with E-state index >= 15 is 0 Å². The van der Waals surface area contributed by atoms with Gasteiger partial charge in [-0.2, -0.15) is 4.57 Å². The van der Waals surface area contributed by atoms with Crippen LogP contribution in [0.5, 0.6) is 0 Å². The van der Waals surface area contributed by atoms with Crippen LogP contribution in [0, 0.1) is 6.92 Å². The molecule has 0 atom stereocenters. The Morgan fingerprint density at radius 2 is 1.66 bits per heavy atom. The number of nitrogens with zero attached hydrogens (tertiary/aromatic N) is 3. The number of aryl methyl sites for hydroxylation is 2. The topological polar surface area (TPSA) is 21.7 Å². The summed E-state index contributed by atoms with van der Waals surface area (Å²) in [6.45, 7) is 2.22. The summed E-state index contributed by atoms with van der Waals surface area (Å²) in [5.41, 5.74) is 7.31. The van der Waals surface area contributed by atoms with Crippen LogP contribution in [0.4, 0.5) is 0 Å². The van der Waals surface area contributed by atoms with E-state index in [1.165, 1.54) is 75.5 Å². The standard InChI is InChI=1S/C28H28N3S/c1-19-17-18-24-26(29-27(32-24)20-11-5-3-6-12-20)25(19)28-30(2)22-15-9-10-16-23(22)31(28)21-13-7-4-8-14-21/h4,7-10,13-18,20H,3,5-6,11-12H2,1-2H3/q+1. The smallest absolute Gasteiger partial charge is 0.240 e. The van der Waals surface area contributed by atoms with Crippen molar-refractivity contribution in [2.75, 3.05) is 0 Å². The Morgan fingerprint density at radius 3 is 2.47 bits per heavy atom. The molecule has 1 saturated carbocycles. The first-order valence-electron chi connectivity index (χ1n) is 11.7. The van der Waals surface area contributed by atoms with Crippen LogP contribution in [0.2, 0.25) is 0 Å². The minimum Gasteiger partial charge on any atom is -0.240 e. The average Bonchev–Trinajstić information content (AvgIpc) is 3.40. The molecule has 0 radical (unpaired) electrons. The van der Waals surface area contributed by atoms with Crippen molar-refractivity contribution < 1.29 is 4.57 Å². The van der Waals surface area contributed by atoms with Gasteiger partial charge in [0.25, 0.3) is 5.82 Å². The molecule has 160 valence electrons. The van der Waals surface area contributed by atoms with Crippen molar-refractivity contribution in [2.24, 2.45) is 7.05 Å². The maximum Gasteiger partial charge on any atom is 0.297 e. The molecule has 0 amide bonds. The second-order valence-corrected chi connectivity index (χ2v) is 10.1. The molecule has 3 aromatic carbocycles. The summed E-state index contributed by atoms with van der Waals surface area (Å²) in [5.74, 6) is 1.82. The predicted molar refractivity (Wildman–Crippen MR) is 134 cm³/mol. The van der Waals surface area contributed by atoms with Gasteiger partial charge in [0.15, 0.2) is 11.0 Å². The molecule has 6 rings (SSSR count). The van der Waals surface area contributed by atoms with Crippen LogP contribution in [-0.2, 0) is 7.05 Å². The van der Waals surface area contributed by atoms with Crippen molar-refractivity contribution in [2.45, 2.75) is 44.9 Å². The molecule has 2 aromatic heterocycles. The molecule has 2 heterocycles. The number of hydrogen-bond donors (Lipinski definition) is 0. The number of para-hydroxylation sites is 3. The Hall–Kier alpha value is -2.98. The predicted octanol–water partition coefficient (Wildman–Crippen LogP) is 7.09. The van der Waals surface area contributed by atoms with Gasteiger partial charge in [0, 0.05) is 5.92 Å². The van der Waals surface area contributed by atoms with E-state index in [1.807, 2.05) is 11.3 Å². The van der Waals surface area contributed by atoms with Gasteiger partial charge in [0.05, 0.1) is 27.8 Å². The summed E-state index contributed by atoms with van der Waals surface area (Å²) in [5, 5.41) is 1.33. The monoisotopic (exact) mass is 438 g/mol. The second-order valence-electron chi connectivity index (χ2n) is 9.03. The second kappa shape index (κ2) is 7.86. The highest BCUT2D eigenvalue weighted by Gasteiger charge is 2.30. The van der Waals surface area contributed by atoms with Gasteiger partial charge in [0.2, 0.25) is 0 Å². The molecular formula is C28H28N3S+. The van der Waals surface area contributed by atoms with Crippen molar-refractivity contribution in [1.82, 2.24) is 9.55 Å². The zero-order valence-electron chi connectivity index (χ0n) is 18.7. The van der Waals surface area contributed by atoms with E-state index in [-0.39, 0.29) is 0 Å². The normalized spacial score (nSPS) is 15.1. The quantitative estimate of drug-likeness (QED) is 0.276. The number of rotatable bonds is 3. The maximum atomic E-state index is 5.31. The molecular weight excluding hydrogens is 410 g/mol. The lowest BCUT2D eigenvalue weighted by atomic mass is 9.90. The minimum absolute atomic E-state index is 0.628. The molecule has 5 aromatic rings. The van der Waals surface area contributed by atoms with Gasteiger partial charge in [-0.05, 0) is 55.7 Å². The number of thiazole rings is 1. The molecule has 32 heavy (non-hydrogen) atoms. The molecule has 1 aliphatic rings. The third kappa shape index (κ3) is 3.08. The number of imidazole rings is 1. The average molecular weight is 439 g/mol. The van der Waals surface area contributed by atoms with Gasteiger partial charge in [-0.15, -0.1) is 11.3 Å². The largest absolute Gasteiger partial charge is 0.297 e. The number of aromatic nitrogens is 3. The third-order valence-corrected chi connectivity index (χ3v) is 8.17. The molecule has 0 saturated heterocycles. The van der Waals surface area contributed by atoms with Crippen LogP contribution in [0.25, 0.3) is 38.3 Å². The first-order chi connectivity index (χ1) is 15.7. The lowest BCUT2D eigenvalue weighted by Gasteiger charge is -2.18. The number of fused-ring (bicyclic) bond motifs is 2. The number of hydrogen-bond acceptors (Lipinski definition) is 2. The van der Waals surface area contributed by atoms with Crippen LogP contribution < -0.4 is 4.57 Å². The summed E-state index contributed by atoms with van der Waals surface area (Å²) in [6.07, 6.45) is 6.62. The van der Waals surface area contributed by atoms with Gasteiger partial charge >= 0.3 is 0 Å². The van der Waals surface area contributed by atoms with Crippen molar-refractivity contribution in [3.8, 4) is 17.1 Å². The highest BCUT2D eigenvalue weighted by molar-refractivity contribution is 7.18. The van der Waals surface area contributed by atoms with Crippen molar-refractivity contribution in [1.29, 1.82) is 0 Å². The van der Waals surface area contributed by atoms with Gasteiger partial charge < -0.3 is 0 Å². The first-order valence-corrected chi connectivity index (χ1v) is 12.5. The lowest BCUT2D eigenvalue weighted by Crippen LogP contribution is -2.30. The molecule has 0 bridgehead atoms. The van der Waals surface area contributed by atoms with E-state index < -0.39 is 0 Å². The summed E-state index contributed by atoms with van der Waals surface area (Å²) in [4.78, 5) is 5.31. The molecule has 4 heteroatoms. The summed E-state index contributed by atoms with van der Waals surface area (Å²) in [7, 11) is 2.18.